The largest absolute Gasteiger partial charge is 0.395 e. The first kappa shape index (κ1) is 13.4. The molecule has 0 aliphatic rings. The Morgan fingerprint density at radius 2 is 2.19 bits per heavy atom. The van der Waals surface area contributed by atoms with E-state index in [4.69, 9.17) is 0 Å². The third kappa shape index (κ3) is 4.94. The van der Waals surface area contributed by atoms with E-state index in [0.717, 1.165) is 17.8 Å². The second kappa shape index (κ2) is 5.63. The van der Waals surface area contributed by atoms with Gasteiger partial charge < -0.3 is 5.32 Å². The summed E-state index contributed by atoms with van der Waals surface area (Å²) in [5.74, 6) is 0. The summed E-state index contributed by atoms with van der Waals surface area (Å²) in [6.07, 6.45) is -4.11. The molecule has 0 saturated heterocycles. The molecule has 0 aliphatic heterocycles. The fourth-order valence-corrected chi connectivity index (χ4v) is 1.93. The maximum Gasteiger partial charge on any atom is 0.395 e. The molecule has 1 unspecified atom stereocenters. The summed E-state index contributed by atoms with van der Waals surface area (Å²) >= 11 is 1.06. The highest BCUT2D eigenvalue weighted by molar-refractivity contribution is 7.09. The van der Waals surface area contributed by atoms with Gasteiger partial charge in [0, 0.05) is 18.0 Å². The predicted molar refractivity (Wildman–Crippen MR) is 58.5 cm³/mol. The standard InChI is InChI=1S/C10H15F3N2S/c1-3-7(2)14-5-8-6-16-9(15-8)4-10(11,12)13/h6-7,14H,3-5H2,1-2H3. The summed E-state index contributed by atoms with van der Waals surface area (Å²) in [6.45, 7) is 4.61. The van der Waals surface area contributed by atoms with Crippen LogP contribution in [-0.2, 0) is 13.0 Å². The van der Waals surface area contributed by atoms with Crippen LogP contribution in [0.4, 0.5) is 13.2 Å². The van der Waals surface area contributed by atoms with Crippen LogP contribution in [0.15, 0.2) is 5.38 Å². The predicted octanol–water partition coefficient (Wildman–Crippen LogP) is 3.14. The molecule has 0 aliphatic carbocycles. The zero-order valence-electron chi connectivity index (χ0n) is 9.27. The first-order valence-corrected chi connectivity index (χ1v) is 6.02. The zero-order valence-corrected chi connectivity index (χ0v) is 10.1. The summed E-state index contributed by atoms with van der Waals surface area (Å²) in [5.41, 5.74) is 0.685. The molecule has 1 N–H and O–H groups in total. The molecule has 1 aromatic rings. The van der Waals surface area contributed by atoms with Crippen LogP contribution >= 0.6 is 11.3 Å². The maximum absolute atomic E-state index is 12.1. The Kier molecular flexibility index (Phi) is 4.73. The molecule has 0 amide bonds. The molecule has 0 radical (unpaired) electrons. The van der Waals surface area contributed by atoms with Crippen LogP contribution in [0, 0.1) is 0 Å². The van der Waals surface area contributed by atoms with Gasteiger partial charge in [0.05, 0.1) is 12.1 Å². The van der Waals surface area contributed by atoms with Crippen LogP contribution in [0.1, 0.15) is 31.0 Å². The first-order valence-electron chi connectivity index (χ1n) is 5.14. The van der Waals surface area contributed by atoms with Gasteiger partial charge >= 0.3 is 6.18 Å². The van der Waals surface area contributed by atoms with E-state index >= 15 is 0 Å². The van der Waals surface area contributed by atoms with Gasteiger partial charge in [0.15, 0.2) is 0 Å². The van der Waals surface area contributed by atoms with Crippen LogP contribution in [0.3, 0.4) is 0 Å². The molecule has 2 nitrogen and oxygen atoms in total. The van der Waals surface area contributed by atoms with E-state index in [1.165, 1.54) is 0 Å². The summed E-state index contributed by atoms with van der Waals surface area (Å²) < 4.78 is 36.2. The Bertz CT molecular complexity index is 322. The molecular formula is C10H15F3N2S. The Morgan fingerprint density at radius 1 is 1.50 bits per heavy atom. The van der Waals surface area contributed by atoms with Crippen molar-refractivity contribution in [2.45, 2.75) is 45.5 Å². The normalized spacial score (nSPS) is 14.1. The molecule has 0 saturated carbocycles. The number of hydrogen-bond donors (Lipinski definition) is 1. The van der Waals surface area contributed by atoms with Gasteiger partial charge in [-0.05, 0) is 13.3 Å². The van der Waals surface area contributed by atoms with Crippen LogP contribution < -0.4 is 5.32 Å². The van der Waals surface area contributed by atoms with Gasteiger partial charge in [0.25, 0.3) is 0 Å². The van der Waals surface area contributed by atoms with Crippen molar-refractivity contribution >= 4 is 11.3 Å². The van der Waals surface area contributed by atoms with Crippen molar-refractivity contribution in [3.05, 3.63) is 16.1 Å². The third-order valence-electron chi connectivity index (χ3n) is 2.19. The summed E-state index contributed by atoms with van der Waals surface area (Å²) in [4.78, 5) is 3.94. The van der Waals surface area contributed by atoms with Crippen LogP contribution in [0.2, 0.25) is 0 Å². The fourth-order valence-electron chi connectivity index (χ4n) is 1.11. The topological polar surface area (TPSA) is 24.9 Å². The second-order valence-corrected chi connectivity index (χ2v) is 4.66. The highest BCUT2D eigenvalue weighted by atomic mass is 32.1. The Morgan fingerprint density at radius 3 is 2.75 bits per heavy atom. The van der Waals surface area contributed by atoms with E-state index in [1.54, 1.807) is 5.38 Å². The molecule has 1 heterocycles. The van der Waals surface area contributed by atoms with E-state index < -0.39 is 12.6 Å². The molecule has 1 rings (SSSR count). The van der Waals surface area contributed by atoms with Crippen LogP contribution in [-0.4, -0.2) is 17.2 Å². The number of thiazole rings is 1. The van der Waals surface area contributed by atoms with E-state index in [1.807, 2.05) is 13.8 Å². The number of halogens is 3. The molecule has 1 atom stereocenters. The van der Waals surface area contributed by atoms with Crippen molar-refractivity contribution in [2.24, 2.45) is 0 Å². The number of rotatable bonds is 5. The summed E-state index contributed by atoms with van der Waals surface area (Å²) in [7, 11) is 0. The lowest BCUT2D eigenvalue weighted by Crippen LogP contribution is -2.24. The van der Waals surface area contributed by atoms with Crippen molar-refractivity contribution in [1.82, 2.24) is 10.3 Å². The van der Waals surface area contributed by atoms with Gasteiger partial charge in [-0.3, -0.25) is 0 Å². The lowest BCUT2D eigenvalue weighted by molar-refractivity contribution is -0.127. The van der Waals surface area contributed by atoms with Crippen molar-refractivity contribution < 1.29 is 13.2 Å². The van der Waals surface area contributed by atoms with E-state index in [9.17, 15) is 13.2 Å². The van der Waals surface area contributed by atoms with Gasteiger partial charge in [0.1, 0.15) is 5.01 Å². The zero-order chi connectivity index (χ0) is 12.2. The summed E-state index contributed by atoms with van der Waals surface area (Å²) in [6, 6.07) is 0.354. The average molecular weight is 252 g/mol. The third-order valence-corrected chi connectivity index (χ3v) is 3.09. The van der Waals surface area contributed by atoms with E-state index in [2.05, 4.69) is 10.3 Å². The number of alkyl halides is 3. The maximum atomic E-state index is 12.1. The van der Waals surface area contributed by atoms with Crippen molar-refractivity contribution in [3.63, 3.8) is 0 Å². The molecule has 16 heavy (non-hydrogen) atoms. The molecule has 0 aromatic carbocycles. The molecule has 6 heteroatoms. The molecule has 1 aromatic heterocycles. The minimum Gasteiger partial charge on any atom is -0.309 e. The molecule has 92 valence electrons. The van der Waals surface area contributed by atoms with E-state index in [-0.39, 0.29) is 5.01 Å². The number of aromatic nitrogens is 1. The lowest BCUT2D eigenvalue weighted by Gasteiger charge is -2.08. The Balaban J connectivity index is 2.45. The Hall–Kier alpha value is -0.620. The highest BCUT2D eigenvalue weighted by Gasteiger charge is 2.29. The first-order chi connectivity index (χ1) is 7.40. The van der Waals surface area contributed by atoms with Gasteiger partial charge in [-0.1, -0.05) is 6.92 Å². The average Bonchev–Trinajstić information content (AvgIpc) is 2.59. The number of nitrogens with zero attached hydrogens (tertiary/aromatic N) is 1. The lowest BCUT2D eigenvalue weighted by atomic mass is 10.2. The Labute approximate surface area is 96.9 Å². The van der Waals surface area contributed by atoms with Crippen molar-refractivity contribution in [1.29, 1.82) is 0 Å². The SMILES string of the molecule is CCC(C)NCc1csc(CC(F)(F)F)n1. The van der Waals surface area contributed by atoms with Crippen LogP contribution in [0.25, 0.3) is 0 Å². The molecule has 0 bridgehead atoms. The smallest absolute Gasteiger partial charge is 0.309 e. The van der Waals surface area contributed by atoms with Crippen molar-refractivity contribution in [3.8, 4) is 0 Å². The highest BCUT2D eigenvalue weighted by Crippen LogP contribution is 2.23. The number of hydrogen-bond acceptors (Lipinski definition) is 3. The molecule has 0 spiro atoms. The van der Waals surface area contributed by atoms with E-state index in [0.29, 0.717) is 18.3 Å². The van der Waals surface area contributed by atoms with Crippen molar-refractivity contribution in [2.75, 3.05) is 0 Å². The van der Waals surface area contributed by atoms with Gasteiger partial charge in [-0.25, -0.2) is 4.98 Å². The van der Waals surface area contributed by atoms with Crippen LogP contribution in [0.5, 0.6) is 0 Å². The fraction of sp³-hybridized carbons (Fsp3) is 0.700. The number of nitrogens with one attached hydrogen (secondary N) is 1. The molecule has 0 fully saturated rings. The minimum atomic E-state index is -4.17. The molecular weight excluding hydrogens is 237 g/mol. The summed E-state index contributed by atoms with van der Waals surface area (Å²) in [5, 5.41) is 5.00. The van der Waals surface area contributed by atoms with Gasteiger partial charge in [-0.2, -0.15) is 13.2 Å². The van der Waals surface area contributed by atoms with Gasteiger partial charge in [-0.15, -0.1) is 11.3 Å². The van der Waals surface area contributed by atoms with Gasteiger partial charge in [0.2, 0.25) is 0 Å². The minimum absolute atomic E-state index is 0.133. The monoisotopic (exact) mass is 252 g/mol. The second-order valence-electron chi connectivity index (χ2n) is 3.71. The quantitative estimate of drug-likeness (QED) is 0.870.